The third kappa shape index (κ3) is 34.1. The summed E-state index contributed by atoms with van der Waals surface area (Å²) in [6.07, 6.45) is 9.88. The van der Waals surface area contributed by atoms with Gasteiger partial charge in [0, 0.05) is 6.92 Å². The summed E-state index contributed by atoms with van der Waals surface area (Å²) in [5.74, 6) is -0.759. The molecular formula is C18H30O7. The van der Waals surface area contributed by atoms with E-state index in [2.05, 4.69) is 20.8 Å². The van der Waals surface area contributed by atoms with Crippen LogP contribution in [0.1, 0.15) is 33.1 Å². The van der Waals surface area contributed by atoms with Crippen molar-refractivity contribution in [3.05, 3.63) is 37.0 Å². The fourth-order valence-corrected chi connectivity index (χ4v) is 0.939. The predicted octanol–water partition coefficient (Wildman–Crippen LogP) is 2.35. The number of aliphatic hydroxyl groups excluding tert-OH is 1. The van der Waals surface area contributed by atoms with E-state index in [9.17, 15) is 14.4 Å². The van der Waals surface area contributed by atoms with Crippen molar-refractivity contribution in [1.82, 2.24) is 0 Å². The Bertz CT molecular complexity index is 412. The molecule has 0 rings (SSSR count). The van der Waals surface area contributed by atoms with Crippen molar-refractivity contribution in [3.63, 3.8) is 0 Å². The van der Waals surface area contributed by atoms with Gasteiger partial charge in [0.25, 0.3) is 0 Å². The van der Waals surface area contributed by atoms with Gasteiger partial charge in [0.15, 0.2) is 0 Å². The summed E-state index contributed by atoms with van der Waals surface area (Å²) in [5, 5.41) is 8.21. The Kier molecular flexibility index (Phi) is 26.2. The lowest BCUT2D eigenvalue weighted by molar-refractivity contribution is -0.140. The van der Waals surface area contributed by atoms with Crippen molar-refractivity contribution in [2.45, 2.75) is 33.1 Å². The zero-order chi connectivity index (χ0) is 19.9. The molecule has 1 N–H and O–H groups in total. The van der Waals surface area contributed by atoms with E-state index in [1.807, 2.05) is 19.1 Å². The van der Waals surface area contributed by atoms with Gasteiger partial charge in [0.2, 0.25) is 0 Å². The normalized spacial score (nSPS) is 9.32. The number of carbonyl (C=O) groups excluding carboxylic acids is 3. The van der Waals surface area contributed by atoms with Gasteiger partial charge >= 0.3 is 17.9 Å². The van der Waals surface area contributed by atoms with Crippen LogP contribution >= 0.6 is 0 Å². The molecule has 0 aromatic carbocycles. The number of esters is 3. The Labute approximate surface area is 150 Å². The Morgan fingerprint density at radius 3 is 1.88 bits per heavy atom. The van der Waals surface area contributed by atoms with E-state index in [0.717, 1.165) is 6.42 Å². The summed E-state index contributed by atoms with van der Waals surface area (Å²) in [7, 11) is 2.68. The molecule has 0 unspecified atom stereocenters. The Hall–Kier alpha value is -2.41. The second kappa shape index (κ2) is 23.9. The molecule has 0 radical (unpaired) electrons. The molecule has 0 heterocycles. The molecule has 0 aliphatic carbocycles. The molecule has 0 aromatic rings. The van der Waals surface area contributed by atoms with E-state index < -0.39 is 0 Å². The zero-order valence-corrected chi connectivity index (χ0v) is 15.5. The standard InChI is InChI=1S/C7H12O2.C6H10O3.C5H8O2/c1-3-4-5-6-9-7(2)8;1-9-6(8)4-2-3-5-7;1-3-4-5(6)7-2/h4-5H,3,6H2,1-2H3;2-3,7H,4-5H2,1H3;3H,1,4H2,2H3. The van der Waals surface area contributed by atoms with E-state index >= 15 is 0 Å². The number of carbonyl (C=O) groups is 3. The van der Waals surface area contributed by atoms with E-state index in [1.165, 1.54) is 33.3 Å². The van der Waals surface area contributed by atoms with E-state index in [1.54, 1.807) is 6.08 Å². The molecule has 0 amide bonds. The number of hydrogen-bond donors (Lipinski definition) is 1. The van der Waals surface area contributed by atoms with Crippen molar-refractivity contribution in [1.29, 1.82) is 0 Å². The number of hydrogen-bond acceptors (Lipinski definition) is 7. The molecule has 7 nitrogen and oxygen atoms in total. The molecule has 0 atom stereocenters. The number of allylic oxidation sites excluding steroid dienone is 1. The number of ether oxygens (including phenoxy) is 3. The largest absolute Gasteiger partial charge is 0.469 e. The first-order valence-corrected chi connectivity index (χ1v) is 7.68. The smallest absolute Gasteiger partial charge is 0.309 e. The van der Waals surface area contributed by atoms with Crippen LogP contribution in [0.2, 0.25) is 0 Å². The second-order valence-electron chi connectivity index (χ2n) is 4.19. The highest BCUT2D eigenvalue weighted by Crippen LogP contribution is 1.85. The van der Waals surface area contributed by atoms with Gasteiger partial charge in [0.1, 0.15) is 6.61 Å². The van der Waals surface area contributed by atoms with Crippen molar-refractivity contribution in [3.8, 4) is 0 Å². The summed E-state index contributed by atoms with van der Waals surface area (Å²) >= 11 is 0. The topological polar surface area (TPSA) is 99.1 Å². The van der Waals surface area contributed by atoms with Crippen LogP contribution in [0.4, 0.5) is 0 Å². The molecule has 7 heteroatoms. The highest BCUT2D eigenvalue weighted by atomic mass is 16.5. The number of aliphatic hydroxyl groups is 1. The summed E-state index contributed by atoms with van der Waals surface area (Å²) in [5.41, 5.74) is 0. The Morgan fingerprint density at radius 2 is 1.52 bits per heavy atom. The molecular weight excluding hydrogens is 328 g/mol. The summed E-state index contributed by atoms with van der Waals surface area (Å²) in [6, 6.07) is 0. The highest BCUT2D eigenvalue weighted by Gasteiger charge is 1.92. The highest BCUT2D eigenvalue weighted by molar-refractivity contribution is 5.71. The van der Waals surface area contributed by atoms with Gasteiger partial charge < -0.3 is 19.3 Å². The molecule has 0 spiro atoms. The molecule has 0 saturated heterocycles. The van der Waals surface area contributed by atoms with E-state index in [0.29, 0.717) is 13.0 Å². The van der Waals surface area contributed by atoms with Crippen LogP contribution in [0, 0.1) is 0 Å². The summed E-state index contributed by atoms with van der Waals surface area (Å²) in [6.45, 7) is 7.16. The quantitative estimate of drug-likeness (QED) is 0.404. The third-order valence-electron chi connectivity index (χ3n) is 2.11. The molecule has 25 heavy (non-hydrogen) atoms. The van der Waals surface area contributed by atoms with Crippen molar-refractivity contribution in [2.24, 2.45) is 0 Å². The number of methoxy groups -OCH3 is 2. The molecule has 144 valence electrons. The molecule has 0 bridgehead atoms. The van der Waals surface area contributed by atoms with Crippen molar-refractivity contribution in [2.75, 3.05) is 27.4 Å². The lowest BCUT2D eigenvalue weighted by Gasteiger charge is -1.92. The zero-order valence-electron chi connectivity index (χ0n) is 15.5. The third-order valence-corrected chi connectivity index (χ3v) is 2.11. The monoisotopic (exact) mass is 358 g/mol. The average molecular weight is 358 g/mol. The van der Waals surface area contributed by atoms with Crippen molar-refractivity contribution >= 4 is 17.9 Å². The van der Waals surface area contributed by atoms with Gasteiger partial charge in [-0.1, -0.05) is 37.3 Å². The molecule has 0 aromatic heterocycles. The van der Waals surface area contributed by atoms with E-state index in [4.69, 9.17) is 5.11 Å². The van der Waals surface area contributed by atoms with Crippen LogP contribution < -0.4 is 0 Å². The van der Waals surface area contributed by atoms with E-state index in [-0.39, 0.29) is 30.9 Å². The maximum atomic E-state index is 10.3. The minimum absolute atomic E-state index is 0.0308. The molecule has 0 aliphatic rings. The van der Waals surface area contributed by atoms with Gasteiger partial charge in [-0.2, -0.15) is 0 Å². The molecule has 0 fully saturated rings. The van der Waals surface area contributed by atoms with Crippen LogP contribution in [-0.2, 0) is 28.6 Å². The first-order valence-electron chi connectivity index (χ1n) is 7.68. The molecule has 0 aliphatic heterocycles. The fraction of sp³-hybridized carbons (Fsp3) is 0.500. The van der Waals surface area contributed by atoms with Gasteiger partial charge in [-0.25, -0.2) is 0 Å². The molecule has 0 saturated carbocycles. The number of rotatable bonds is 8. The maximum absolute atomic E-state index is 10.3. The lowest BCUT2D eigenvalue weighted by Crippen LogP contribution is -1.96. The predicted molar refractivity (Wildman–Crippen MR) is 95.8 cm³/mol. The van der Waals surface area contributed by atoms with Crippen LogP contribution in [0.25, 0.3) is 0 Å². The van der Waals surface area contributed by atoms with Crippen molar-refractivity contribution < 1.29 is 33.7 Å². The fourth-order valence-electron chi connectivity index (χ4n) is 0.939. The first-order chi connectivity index (χ1) is 11.9. The Balaban J connectivity index is -0.000000293. The van der Waals surface area contributed by atoms with Crippen LogP contribution in [0.15, 0.2) is 37.0 Å². The van der Waals surface area contributed by atoms with Crippen LogP contribution in [0.3, 0.4) is 0 Å². The van der Waals surface area contributed by atoms with Crippen LogP contribution in [0.5, 0.6) is 0 Å². The van der Waals surface area contributed by atoms with Gasteiger partial charge in [-0.05, 0) is 6.42 Å². The Morgan fingerprint density at radius 1 is 0.960 bits per heavy atom. The van der Waals surface area contributed by atoms with Gasteiger partial charge in [0.05, 0.1) is 33.7 Å². The average Bonchev–Trinajstić information content (AvgIpc) is 2.60. The summed E-state index contributed by atoms with van der Waals surface area (Å²) in [4.78, 5) is 30.6. The SMILES string of the molecule is C=CCC(=O)OC.CCC=CCOC(C)=O.COC(=O)CC=CCO. The minimum atomic E-state index is -0.292. The first kappa shape index (κ1) is 27.4. The van der Waals surface area contributed by atoms with Gasteiger partial charge in [-0.3, -0.25) is 14.4 Å². The summed E-state index contributed by atoms with van der Waals surface area (Å²) < 4.78 is 13.2. The second-order valence-corrected chi connectivity index (χ2v) is 4.19. The van der Waals surface area contributed by atoms with Gasteiger partial charge in [-0.15, -0.1) is 6.58 Å². The van der Waals surface area contributed by atoms with Crippen LogP contribution in [-0.4, -0.2) is 50.4 Å². The maximum Gasteiger partial charge on any atom is 0.309 e. The minimum Gasteiger partial charge on any atom is -0.469 e. The lowest BCUT2D eigenvalue weighted by atomic mass is 10.4.